The monoisotopic (exact) mass is 475 g/mol. The zero-order valence-corrected chi connectivity index (χ0v) is 23.1. The van der Waals surface area contributed by atoms with E-state index in [2.05, 4.69) is 10.6 Å². The predicted octanol–water partition coefficient (Wildman–Crippen LogP) is 5.13. The third-order valence-electron chi connectivity index (χ3n) is 4.93. The quantitative estimate of drug-likeness (QED) is 0.597. The lowest BCUT2D eigenvalue weighted by Crippen LogP contribution is -2.60. The molecule has 0 heterocycles. The van der Waals surface area contributed by atoms with Crippen LogP contribution in [-0.2, 0) is 14.3 Å². The van der Waals surface area contributed by atoms with Crippen molar-refractivity contribution in [2.45, 2.75) is 112 Å². The largest absolute Gasteiger partial charge is 0.444 e. The number of nitrogens with zero attached hydrogens (tertiary/aromatic N) is 1. The Labute approximate surface area is 206 Å². The second-order valence-corrected chi connectivity index (χ2v) is 12.3. The third-order valence-corrected chi connectivity index (χ3v) is 4.93. The molecule has 1 rings (SSSR count). The molecule has 0 aliphatic carbocycles. The lowest BCUT2D eigenvalue weighted by molar-refractivity contribution is -0.149. The van der Waals surface area contributed by atoms with Crippen molar-refractivity contribution in [1.82, 2.24) is 15.5 Å². The second kappa shape index (κ2) is 10.8. The smallest absolute Gasteiger partial charge is 0.408 e. The van der Waals surface area contributed by atoms with Crippen LogP contribution < -0.4 is 10.6 Å². The molecule has 0 fully saturated rings. The minimum Gasteiger partial charge on any atom is -0.444 e. The Bertz CT molecular complexity index is 873. The first-order valence-electron chi connectivity index (χ1n) is 11.9. The molecule has 0 saturated carbocycles. The first-order valence-corrected chi connectivity index (χ1v) is 11.9. The fourth-order valence-electron chi connectivity index (χ4n) is 3.64. The van der Waals surface area contributed by atoms with Gasteiger partial charge in [-0.2, -0.15) is 0 Å². The zero-order valence-electron chi connectivity index (χ0n) is 23.1. The van der Waals surface area contributed by atoms with Crippen molar-refractivity contribution < 1.29 is 19.1 Å². The summed E-state index contributed by atoms with van der Waals surface area (Å²) in [7, 11) is 0. The maximum absolute atomic E-state index is 14.1. The van der Waals surface area contributed by atoms with E-state index in [1.807, 2.05) is 86.6 Å². The van der Waals surface area contributed by atoms with Crippen LogP contribution in [0.15, 0.2) is 24.3 Å². The van der Waals surface area contributed by atoms with E-state index in [1.165, 1.54) is 0 Å². The lowest BCUT2D eigenvalue weighted by atomic mass is 9.92. The summed E-state index contributed by atoms with van der Waals surface area (Å²) >= 11 is 0. The van der Waals surface area contributed by atoms with Crippen LogP contribution in [0.2, 0.25) is 0 Å². The summed E-state index contributed by atoms with van der Waals surface area (Å²) in [6, 6.07) is 5.86. The van der Waals surface area contributed by atoms with Gasteiger partial charge in [-0.25, -0.2) is 4.79 Å². The highest BCUT2D eigenvalue weighted by atomic mass is 16.6. The molecular formula is C27H45N3O4. The Hall–Kier alpha value is -2.57. The van der Waals surface area contributed by atoms with Crippen LogP contribution in [0.4, 0.5) is 4.79 Å². The number of ether oxygens (including phenoxy) is 1. The van der Waals surface area contributed by atoms with E-state index in [4.69, 9.17) is 4.74 Å². The van der Waals surface area contributed by atoms with E-state index in [0.717, 1.165) is 5.56 Å². The van der Waals surface area contributed by atoms with E-state index >= 15 is 0 Å². The van der Waals surface area contributed by atoms with Gasteiger partial charge in [-0.15, -0.1) is 0 Å². The number of nitrogens with one attached hydrogen (secondary N) is 2. The number of hydrogen-bond acceptors (Lipinski definition) is 4. The molecule has 192 valence electrons. The summed E-state index contributed by atoms with van der Waals surface area (Å²) in [5.74, 6) is -0.848. The molecule has 0 spiro atoms. The summed E-state index contributed by atoms with van der Waals surface area (Å²) in [5.41, 5.74) is -0.208. The number of carbonyl (C=O) groups excluding carboxylic acids is 3. The van der Waals surface area contributed by atoms with Gasteiger partial charge in [-0.1, -0.05) is 43.7 Å². The Balaban J connectivity index is 3.58. The molecule has 7 heteroatoms. The molecule has 2 N–H and O–H groups in total. The first-order chi connectivity index (χ1) is 15.2. The van der Waals surface area contributed by atoms with Crippen LogP contribution >= 0.6 is 0 Å². The third kappa shape index (κ3) is 8.99. The van der Waals surface area contributed by atoms with E-state index in [9.17, 15) is 14.4 Å². The van der Waals surface area contributed by atoms with E-state index in [-0.39, 0.29) is 17.7 Å². The summed E-state index contributed by atoms with van der Waals surface area (Å²) in [6.45, 7) is 22.4. The summed E-state index contributed by atoms with van der Waals surface area (Å²) in [4.78, 5) is 41.9. The number of benzene rings is 1. The number of aryl methyl sites for hydroxylation is 1. The molecular weight excluding hydrogens is 430 g/mol. The van der Waals surface area contributed by atoms with Gasteiger partial charge in [-0.3, -0.25) is 9.59 Å². The van der Waals surface area contributed by atoms with Crippen molar-refractivity contribution in [3.05, 3.63) is 35.4 Å². The normalized spacial score (nSPS) is 14.3. The van der Waals surface area contributed by atoms with Gasteiger partial charge in [0.2, 0.25) is 11.8 Å². The van der Waals surface area contributed by atoms with Crippen molar-refractivity contribution >= 4 is 17.9 Å². The molecule has 0 aromatic heterocycles. The Morgan fingerprint density at radius 1 is 0.941 bits per heavy atom. The molecule has 0 aliphatic rings. The molecule has 1 aromatic rings. The topological polar surface area (TPSA) is 87.7 Å². The zero-order chi connectivity index (χ0) is 26.6. The molecule has 0 bridgehead atoms. The van der Waals surface area contributed by atoms with Crippen LogP contribution in [0.5, 0.6) is 0 Å². The minimum absolute atomic E-state index is 0.228. The van der Waals surface area contributed by atoms with E-state index in [1.54, 1.807) is 25.7 Å². The molecule has 2 unspecified atom stereocenters. The van der Waals surface area contributed by atoms with Gasteiger partial charge >= 0.3 is 6.09 Å². The number of carbonyl (C=O) groups is 3. The highest BCUT2D eigenvalue weighted by molar-refractivity contribution is 5.93. The van der Waals surface area contributed by atoms with Gasteiger partial charge in [-0.05, 0) is 80.7 Å². The summed E-state index contributed by atoms with van der Waals surface area (Å²) in [5, 5.41) is 5.79. The van der Waals surface area contributed by atoms with Crippen LogP contribution in [0.25, 0.3) is 0 Å². The Morgan fingerprint density at radius 3 is 1.91 bits per heavy atom. The molecule has 2 atom stereocenters. The highest BCUT2D eigenvalue weighted by Crippen LogP contribution is 2.31. The molecule has 34 heavy (non-hydrogen) atoms. The highest BCUT2D eigenvalue weighted by Gasteiger charge is 2.43. The van der Waals surface area contributed by atoms with Gasteiger partial charge in [0.15, 0.2) is 0 Å². The maximum Gasteiger partial charge on any atom is 0.408 e. The van der Waals surface area contributed by atoms with Crippen molar-refractivity contribution in [2.75, 3.05) is 0 Å². The fourth-order valence-corrected chi connectivity index (χ4v) is 3.64. The van der Waals surface area contributed by atoms with Gasteiger partial charge in [0.05, 0.1) is 0 Å². The van der Waals surface area contributed by atoms with Crippen molar-refractivity contribution in [1.29, 1.82) is 0 Å². The minimum atomic E-state index is -0.881. The van der Waals surface area contributed by atoms with Crippen LogP contribution in [0, 0.1) is 12.8 Å². The van der Waals surface area contributed by atoms with Crippen LogP contribution in [0.1, 0.15) is 93.3 Å². The molecule has 1 aromatic carbocycles. The number of hydrogen-bond donors (Lipinski definition) is 2. The summed E-state index contributed by atoms with van der Waals surface area (Å²) < 4.78 is 5.41. The second-order valence-electron chi connectivity index (χ2n) is 12.3. The molecule has 7 nitrogen and oxygen atoms in total. The van der Waals surface area contributed by atoms with Crippen molar-refractivity contribution in [3.63, 3.8) is 0 Å². The fraction of sp³-hybridized carbons (Fsp3) is 0.667. The van der Waals surface area contributed by atoms with Crippen molar-refractivity contribution in [3.8, 4) is 0 Å². The lowest BCUT2D eigenvalue weighted by Gasteiger charge is -2.44. The SMILES string of the molecule is Cc1cccc(C(C(=O)NC(C)(C)C)N(C(=O)C(NC(=O)OC(C)(C)C)C(C)C)C(C)(C)C)c1. The predicted molar refractivity (Wildman–Crippen MR) is 136 cm³/mol. The maximum atomic E-state index is 14.1. The van der Waals surface area contributed by atoms with Gasteiger partial charge in [0.25, 0.3) is 0 Å². The Kier molecular flexibility index (Phi) is 9.35. The van der Waals surface area contributed by atoms with Crippen molar-refractivity contribution in [2.24, 2.45) is 5.92 Å². The standard InChI is InChI=1S/C27H45N3O4/c1-17(2)20(28-24(33)34-27(10,11)12)23(32)30(26(7,8)9)21(22(31)29-25(4,5)6)19-15-13-14-18(3)16-19/h13-17,20-21H,1-12H3,(H,28,33)(H,29,31). The average Bonchev–Trinajstić information content (AvgIpc) is 2.59. The first kappa shape index (κ1) is 29.5. The number of alkyl carbamates (subject to hydrolysis) is 1. The van der Waals surface area contributed by atoms with Gasteiger partial charge in [0.1, 0.15) is 17.7 Å². The number of rotatable bonds is 6. The molecule has 0 radical (unpaired) electrons. The van der Waals surface area contributed by atoms with Gasteiger partial charge < -0.3 is 20.3 Å². The van der Waals surface area contributed by atoms with Crippen LogP contribution in [0.3, 0.4) is 0 Å². The molecule has 3 amide bonds. The van der Waals surface area contributed by atoms with E-state index < -0.39 is 34.9 Å². The van der Waals surface area contributed by atoms with E-state index in [0.29, 0.717) is 5.56 Å². The molecule has 0 aliphatic heterocycles. The van der Waals surface area contributed by atoms with Gasteiger partial charge in [0, 0.05) is 11.1 Å². The van der Waals surface area contributed by atoms with Crippen LogP contribution in [-0.4, -0.2) is 45.5 Å². The molecule has 0 saturated heterocycles. The summed E-state index contributed by atoms with van der Waals surface area (Å²) in [6.07, 6.45) is -0.667. The average molecular weight is 476 g/mol. The number of amides is 3. The Morgan fingerprint density at radius 2 is 1.50 bits per heavy atom.